The number of hydrogen-bond acceptors (Lipinski definition) is 4. The molecule has 2 unspecified atom stereocenters. The van der Waals surface area contributed by atoms with Gasteiger partial charge in [0.2, 0.25) is 12.2 Å². The van der Waals surface area contributed by atoms with Gasteiger partial charge in [0.1, 0.15) is 11.5 Å². The highest BCUT2D eigenvalue weighted by Crippen LogP contribution is 2.26. The molecule has 3 rings (SSSR count). The molecule has 6 nitrogen and oxygen atoms in total. The van der Waals surface area contributed by atoms with Crippen LogP contribution in [0.2, 0.25) is 0 Å². The standard InChI is InChI=1S/C24H24N2O4/c1-15-3-11-19(12-4-15)29-21(23(25)27)17-7-9-18(10-8-17)22(24(26)28)30-20-13-5-16(2)6-14-20/h3-14,21-22H,1-2H3,(H2,25,27)(H2,26,28). The molecule has 0 heterocycles. The Bertz CT molecular complexity index is 928. The SMILES string of the molecule is Cc1ccc(OC(C(N)=O)c2ccc(C(Oc3ccc(C)cc3)C(N)=O)cc2)cc1. The summed E-state index contributed by atoms with van der Waals surface area (Å²) in [5.74, 6) is -0.172. The Morgan fingerprint density at radius 3 is 1.17 bits per heavy atom. The lowest BCUT2D eigenvalue weighted by Gasteiger charge is -2.19. The monoisotopic (exact) mass is 404 g/mol. The topological polar surface area (TPSA) is 105 Å². The summed E-state index contributed by atoms with van der Waals surface area (Å²) in [5, 5.41) is 0. The van der Waals surface area contributed by atoms with Crippen molar-refractivity contribution in [3.63, 3.8) is 0 Å². The maximum absolute atomic E-state index is 12.0. The third kappa shape index (κ3) is 5.17. The third-order valence-electron chi connectivity index (χ3n) is 4.61. The Morgan fingerprint density at radius 2 is 0.900 bits per heavy atom. The van der Waals surface area contributed by atoms with Crippen LogP contribution in [0.1, 0.15) is 34.5 Å². The molecule has 0 aromatic heterocycles. The lowest BCUT2D eigenvalue weighted by molar-refractivity contribution is -0.125. The number of carbonyl (C=O) groups is 2. The minimum atomic E-state index is -0.966. The van der Waals surface area contributed by atoms with E-state index in [1.807, 2.05) is 38.1 Å². The van der Waals surface area contributed by atoms with Gasteiger partial charge in [-0.1, -0.05) is 59.7 Å². The highest BCUT2D eigenvalue weighted by Gasteiger charge is 2.23. The number of ether oxygens (including phenoxy) is 2. The Kier molecular flexibility index (Phi) is 6.37. The predicted octanol–water partition coefficient (Wildman–Crippen LogP) is 3.51. The first kappa shape index (κ1) is 20.9. The number of rotatable bonds is 8. The largest absolute Gasteiger partial charge is 0.476 e. The Balaban J connectivity index is 1.80. The summed E-state index contributed by atoms with van der Waals surface area (Å²) >= 11 is 0. The van der Waals surface area contributed by atoms with Crippen LogP contribution in [-0.2, 0) is 9.59 Å². The van der Waals surface area contributed by atoms with E-state index in [4.69, 9.17) is 20.9 Å². The molecule has 2 atom stereocenters. The molecule has 0 saturated carbocycles. The summed E-state index contributed by atoms with van der Waals surface area (Å²) in [6.45, 7) is 3.92. The molecule has 3 aromatic rings. The van der Waals surface area contributed by atoms with E-state index in [0.29, 0.717) is 22.6 Å². The van der Waals surface area contributed by atoms with Crippen molar-refractivity contribution >= 4 is 11.8 Å². The number of carbonyl (C=O) groups excluding carboxylic acids is 2. The van der Waals surface area contributed by atoms with Gasteiger partial charge in [0.05, 0.1) is 0 Å². The van der Waals surface area contributed by atoms with Gasteiger partial charge in [-0.2, -0.15) is 0 Å². The zero-order valence-corrected chi connectivity index (χ0v) is 16.9. The molecule has 4 N–H and O–H groups in total. The predicted molar refractivity (Wildman–Crippen MR) is 114 cm³/mol. The van der Waals surface area contributed by atoms with Crippen molar-refractivity contribution in [1.29, 1.82) is 0 Å². The molecule has 154 valence electrons. The number of benzene rings is 3. The molecule has 3 aromatic carbocycles. The fraction of sp³-hybridized carbons (Fsp3) is 0.167. The van der Waals surface area contributed by atoms with Crippen LogP contribution in [0.25, 0.3) is 0 Å². The van der Waals surface area contributed by atoms with Crippen LogP contribution in [0, 0.1) is 13.8 Å². The summed E-state index contributed by atoms with van der Waals surface area (Å²) in [7, 11) is 0. The summed E-state index contributed by atoms with van der Waals surface area (Å²) in [5.41, 5.74) is 14.4. The van der Waals surface area contributed by atoms with Crippen LogP contribution >= 0.6 is 0 Å². The Hall–Kier alpha value is -3.80. The minimum absolute atomic E-state index is 0.534. The number of aryl methyl sites for hydroxylation is 2. The quantitative estimate of drug-likeness (QED) is 0.599. The van der Waals surface area contributed by atoms with Crippen molar-refractivity contribution in [1.82, 2.24) is 0 Å². The molecule has 0 radical (unpaired) electrons. The second-order valence-electron chi connectivity index (χ2n) is 7.09. The molecule has 30 heavy (non-hydrogen) atoms. The van der Waals surface area contributed by atoms with E-state index < -0.39 is 24.0 Å². The van der Waals surface area contributed by atoms with E-state index in [1.54, 1.807) is 48.5 Å². The molecule has 6 heteroatoms. The van der Waals surface area contributed by atoms with Crippen LogP contribution in [0.15, 0.2) is 72.8 Å². The minimum Gasteiger partial charge on any atom is -0.476 e. The van der Waals surface area contributed by atoms with Crippen molar-refractivity contribution in [2.45, 2.75) is 26.1 Å². The van der Waals surface area contributed by atoms with Gasteiger partial charge in [0, 0.05) is 11.1 Å². The molecular weight excluding hydrogens is 380 g/mol. The highest BCUT2D eigenvalue weighted by molar-refractivity contribution is 5.82. The van der Waals surface area contributed by atoms with Gasteiger partial charge in [-0.15, -0.1) is 0 Å². The summed E-state index contributed by atoms with van der Waals surface area (Å²) in [6, 6.07) is 21.3. The zero-order valence-electron chi connectivity index (χ0n) is 16.9. The lowest BCUT2D eigenvalue weighted by atomic mass is 10.0. The van der Waals surface area contributed by atoms with Crippen LogP contribution in [0.5, 0.6) is 11.5 Å². The fourth-order valence-electron chi connectivity index (χ4n) is 2.93. The molecule has 0 aliphatic heterocycles. The smallest absolute Gasteiger partial charge is 0.263 e. The Morgan fingerprint density at radius 1 is 0.600 bits per heavy atom. The van der Waals surface area contributed by atoms with Crippen LogP contribution in [0.4, 0.5) is 0 Å². The average Bonchev–Trinajstić information content (AvgIpc) is 2.73. The average molecular weight is 404 g/mol. The number of primary amides is 2. The van der Waals surface area contributed by atoms with E-state index in [0.717, 1.165) is 11.1 Å². The van der Waals surface area contributed by atoms with Crippen molar-refractivity contribution in [2.24, 2.45) is 11.5 Å². The van der Waals surface area contributed by atoms with Crippen LogP contribution < -0.4 is 20.9 Å². The normalized spacial score (nSPS) is 12.6. The van der Waals surface area contributed by atoms with E-state index in [2.05, 4.69) is 0 Å². The summed E-state index contributed by atoms with van der Waals surface area (Å²) in [6.07, 6.45) is -1.93. The highest BCUT2D eigenvalue weighted by atomic mass is 16.5. The second-order valence-corrected chi connectivity index (χ2v) is 7.09. The van der Waals surface area contributed by atoms with Gasteiger partial charge in [-0.05, 0) is 38.1 Å². The van der Waals surface area contributed by atoms with Gasteiger partial charge >= 0.3 is 0 Å². The molecule has 0 spiro atoms. The van der Waals surface area contributed by atoms with Gasteiger partial charge < -0.3 is 20.9 Å². The fourth-order valence-corrected chi connectivity index (χ4v) is 2.93. The first-order valence-electron chi connectivity index (χ1n) is 9.48. The molecule has 0 aliphatic carbocycles. The van der Waals surface area contributed by atoms with E-state index in [9.17, 15) is 9.59 Å². The van der Waals surface area contributed by atoms with Crippen LogP contribution in [-0.4, -0.2) is 11.8 Å². The molecule has 0 aliphatic rings. The van der Waals surface area contributed by atoms with Gasteiger partial charge in [-0.25, -0.2) is 0 Å². The molecule has 0 fully saturated rings. The van der Waals surface area contributed by atoms with Crippen molar-refractivity contribution in [3.05, 3.63) is 95.1 Å². The van der Waals surface area contributed by atoms with Gasteiger partial charge in [0.15, 0.2) is 0 Å². The summed E-state index contributed by atoms with van der Waals surface area (Å²) in [4.78, 5) is 23.9. The Labute approximate surface area is 175 Å². The first-order valence-corrected chi connectivity index (χ1v) is 9.48. The molecule has 0 bridgehead atoms. The van der Waals surface area contributed by atoms with Crippen molar-refractivity contribution in [3.8, 4) is 11.5 Å². The summed E-state index contributed by atoms with van der Waals surface area (Å²) < 4.78 is 11.5. The van der Waals surface area contributed by atoms with Crippen molar-refractivity contribution < 1.29 is 19.1 Å². The molecular formula is C24H24N2O4. The first-order chi connectivity index (χ1) is 14.3. The van der Waals surface area contributed by atoms with E-state index in [1.165, 1.54) is 0 Å². The second kappa shape index (κ2) is 9.13. The maximum Gasteiger partial charge on any atom is 0.263 e. The third-order valence-corrected chi connectivity index (χ3v) is 4.61. The maximum atomic E-state index is 12.0. The molecule has 2 amide bonds. The van der Waals surface area contributed by atoms with Crippen LogP contribution in [0.3, 0.4) is 0 Å². The van der Waals surface area contributed by atoms with Gasteiger partial charge in [0.25, 0.3) is 11.8 Å². The lowest BCUT2D eigenvalue weighted by Crippen LogP contribution is -2.27. The molecule has 0 saturated heterocycles. The van der Waals surface area contributed by atoms with Gasteiger partial charge in [-0.3, -0.25) is 9.59 Å². The number of amides is 2. The van der Waals surface area contributed by atoms with Crippen molar-refractivity contribution in [2.75, 3.05) is 0 Å². The van der Waals surface area contributed by atoms with E-state index >= 15 is 0 Å². The zero-order chi connectivity index (χ0) is 21.7. The van der Waals surface area contributed by atoms with E-state index in [-0.39, 0.29) is 0 Å². The number of hydrogen-bond donors (Lipinski definition) is 2. The number of nitrogens with two attached hydrogens (primary N) is 2.